The van der Waals surface area contributed by atoms with Crippen LogP contribution in [0.1, 0.15) is 42.9 Å². The fourth-order valence-corrected chi connectivity index (χ4v) is 6.13. The van der Waals surface area contributed by atoms with Gasteiger partial charge in [0.2, 0.25) is 5.82 Å². The molecule has 3 heterocycles. The van der Waals surface area contributed by atoms with Crippen molar-refractivity contribution in [3.05, 3.63) is 65.1 Å². The van der Waals surface area contributed by atoms with Crippen LogP contribution in [-0.2, 0) is 11.3 Å². The fourth-order valence-electron chi connectivity index (χ4n) is 6.13. The lowest BCUT2D eigenvalue weighted by atomic mass is 9.74. The number of methoxy groups -OCH3 is 1. The molecule has 234 valence electrons. The minimum atomic E-state index is -1.28. The summed E-state index contributed by atoms with van der Waals surface area (Å²) in [4.78, 5) is 9.10. The van der Waals surface area contributed by atoms with Gasteiger partial charge in [-0.15, -0.1) is 0 Å². The minimum Gasteiger partial charge on any atom is -0.497 e. The van der Waals surface area contributed by atoms with Gasteiger partial charge in [-0.1, -0.05) is 0 Å². The van der Waals surface area contributed by atoms with Gasteiger partial charge in [-0.2, -0.15) is 4.39 Å². The number of fused-ring (bicyclic) bond motifs is 1. The molecule has 1 atom stereocenters. The number of morpholine rings is 1. The second kappa shape index (κ2) is 14.2. The number of rotatable bonds is 12. The maximum Gasteiger partial charge on any atom is 0.200 e. The van der Waals surface area contributed by atoms with Crippen LogP contribution in [0.5, 0.6) is 11.5 Å². The molecule has 5 rings (SSSR count). The number of piperidine rings is 1. The Morgan fingerprint density at radius 2 is 1.81 bits per heavy atom. The monoisotopic (exact) mass is 603 g/mol. The summed E-state index contributed by atoms with van der Waals surface area (Å²) in [6.45, 7) is 5.53. The zero-order valence-corrected chi connectivity index (χ0v) is 24.5. The first-order chi connectivity index (χ1) is 20.8. The van der Waals surface area contributed by atoms with Gasteiger partial charge in [-0.3, -0.25) is 14.8 Å². The summed E-state index contributed by atoms with van der Waals surface area (Å²) >= 11 is 0. The highest BCUT2D eigenvalue weighted by Crippen LogP contribution is 2.40. The molecule has 0 amide bonds. The molecule has 43 heavy (non-hydrogen) atoms. The number of benzene rings is 2. The number of nitrogens with zero attached hydrogens (tertiary/aromatic N) is 3. The van der Waals surface area contributed by atoms with Gasteiger partial charge < -0.3 is 24.4 Å². The Hall–Kier alpha value is -2.96. The number of aromatic nitrogens is 1. The van der Waals surface area contributed by atoms with Crippen LogP contribution in [0.4, 0.5) is 13.2 Å². The maximum atomic E-state index is 13.9. The average molecular weight is 604 g/mol. The Bertz CT molecular complexity index is 1380. The number of pyridine rings is 1. The predicted octanol–water partition coefficient (Wildman–Crippen LogP) is 4.46. The Morgan fingerprint density at radius 1 is 1.05 bits per heavy atom. The van der Waals surface area contributed by atoms with Crippen molar-refractivity contribution in [2.75, 3.05) is 66.3 Å². The van der Waals surface area contributed by atoms with Crippen LogP contribution in [0.3, 0.4) is 0 Å². The van der Waals surface area contributed by atoms with E-state index in [1.807, 2.05) is 24.4 Å². The number of aliphatic hydroxyl groups is 2. The van der Waals surface area contributed by atoms with Crippen molar-refractivity contribution in [3.8, 4) is 11.5 Å². The molecule has 2 aliphatic heterocycles. The lowest BCUT2D eigenvalue weighted by Crippen LogP contribution is -2.43. The molecule has 0 unspecified atom stereocenters. The van der Waals surface area contributed by atoms with E-state index in [1.165, 1.54) is 0 Å². The molecular formula is C32H40F3N3O5. The highest BCUT2D eigenvalue weighted by Gasteiger charge is 2.35. The number of aliphatic hydroxyl groups excluding tert-OH is 2. The molecule has 2 aromatic carbocycles. The molecule has 3 aromatic rings. The van der Waals surface area contributed by atoms with Gasteiger partial charge in [0.1, 0.15) is 18.2 Å². The third-order valence-corrected chi connectivity index (χ3v) is 8.86. The summed E-state index contributed by atoms with van der Waals surface area (Å²) < 4.78 is 57.1. The zero-order valence-electron chi connectivity index (χ0n) is 24.5. The molecule has 0 radical (unpaired) electrons. The summed E-state index contributed by atoms with van der Waals surface area (Å²) in [5.41, 5.74) is 2.26. The standard InChI is InChI=1S/C32H40F3N3O5/c1-41-24-2-3-27-25(18-24)30(22(19-36-27)20-38-10-13-42-14-11-38)28(40)4-5-32(21-39)6-8-37(9-7-32)12-15-43-29-17-23(33)16-26(34)31(29)35/h2-3,16-19,28,39-40H,4-15,20-21H2,1H3/t28-/m1/s1. The Kier molecular flexibility index (Phi) is 10.4. The third-order valence-electron chi connectivity index (χ3n) is 8.86. The predicted molar refractivity (Wildman–Crippen MR) is 156 cm³/mol. The van der Waals surface area contributed by atoms with E-state index in [2.05, 4.69) is 14.8 Å². The van der Waals surface area contributed by atoms with Crippen LogP contribution in [-0.4, -0.2) is 91.3 Å². The first-order valence-electron chi connectivity index (χ1n) is 14.8. The number of hydrogen-bond acceptors (Lipinski definition) is 8. The van der Waals surface area contributed by atoms with Gasteiger partial charge in [-0.25, -0.2) is 8.78 Å². The van der Waals surface area contributed by atoms with Gasteiger partial charge in [0, 0.05) is 56.5 Å². The molecule has 0 bridgehead atoms. The van der Waals surface area contributed by atoms with Crippen molar-refractivity contribution in [1.82, 2.24) is 14.8 Å². The van der Waals surface area contributed by atoms with E-state index in [-0.39, 0.29) is 18.6 Å². The molecular weight excluding hydrogens is 563 g/mol. The van der Waals surface area contributed by atoms with Crippen LogP contribution in [0.2, 0.25) is 0 Å². The lowest BCUT2D eigenvalue weighted by molar-refractivity contribution is 0.0198. The molecule has 2 N–H and O–H groups in total. The molecule has 1 aromatic heterocycles. The van der Waals surface area contributed by atoms with Gasteiger partial charge in [0.05, 0.1) is 31.9 Å². The van der Waals surface area contributed by atoms with E-state index < -0.39 is 29.3 Å². The Balaban J connectivity index is 1.22. The van der Waals surface area contributed by atoms with E-state index in [9.17, 15) is 23.4 Å². The van der Waals surface area contributed by atoms with Crippen LogP contribution in [0.25, 0.3) is 10.9 Å². The molecule has 8 nitrogen and oxygen atoms in total. The van der Waals surface area contributed by atoms with Crippen LogP contribution in [0, 0.1) is 22.9 Å². The molecule has 0 saturated carbocycles. The van der Waals surface area contributed by atoms with E-state index in [0.717, 1.165) is 41.2 Å². The van der Waals surface area contributed by atoms with E-state index in [0.29, 0.717) is 76.9 Å². The fraction of sp³-hybridized carbons (Fsp3) is 0.531. The molecule has 2 fully saturated rings. The van der Waals surface area contributed by atoms with Crippen molar-refractivity contribution in [2.24, 2.45) is 5.41 Å². The summed E-state index contributed by atoms with van der Waals surface area (Å²) in [5.74, 6) is -3.13. The van der Waals surface area contributed by atoms with Crippen molar-refractivity contribution < 1.29 is 37.6 Å². The first-order valence-corrected chi connectivity index (χ1v) is 14.8. The van der Waals surface area contributed by atoms with Gasteiger partial charge in [0.15, 0.2) is 11.6 Å². The number of halogens is 3. The van der Waals surface area contributed by atoms with Crippen molar-refractivity contribution >= 4 is 10.9 Å². The molecule has 0 aliphatic carbocycles. The maximum absolute atomic E-state index is 13.9. The highest BCUT2D eigenvalue weighted by molar-refractivity contribution is 5.85. The molecule has 2 aliphatic rings. The van der Waals surface area contributed by atoms with E-state index in [4.69, 9.17) is 14.2 Å². The van der Waals surface area contributed by atoms with Crippen LogP contribution in [0.15, 0.2) is 36.5 Å². The smallest absolute Gasteiger partial charge is 0.200 e. The van der Waals surface area contributed by atoms with Crippen molar-refractivity contribution in [3.63, 3.8) is 0 Å². The number of ether oxygens (including phenoxy) is 3. The van der Waals surface area contributed by atoms with Crippen molar-refractivity contribution in [1.29, 1.82) is 0 Å². The highest BCUT2D eigenvalue weighted by atomic mass is 19.2. The summed E-state index contributed by atoms with van der Waals surface area (Å²) in [6.07, 6.45) is 3.63. The largest absolute Gasteiger partial charge is 0.497 e. The lowest BCUT2D eigenvalue weighted by Gasteiger charge is -2.41. The second-order valence-electron chi connectivity index (χ2n) is 11.6. The number of likely N-dealkylation sites (tertiary alicyclic amines) is 1. The third kappa shape index (κ3) is 7.58. The first kappa shape index (κ1) is 31.5. The molecule has 11 heteroatoms. The number of hydrogen-bond donors (Lipinski definition) is 2. The normalized spacial score (nSPS) is 18.6. The van der Waals surface area contributed by atoms with E-state index >= 15 is 0 Å². The average Bonchev–Trinajstić information content (AvgIpc) is 3.03. The topological polar surface area (TPSA) is 87.5 Å². The summed E-state index contributed by atoms with van der Waals surface area (Å²) in [5, 5.41) is 23.0. The summed E-state index contributed by atoms with van der Waals surface area (Å²) in [6, 6.07) is 7.01. The zero-order chi connectivity index (χ0) is 30.4. The van der Waals surface area contributed by atoms with Gasteiger partial charge in [0.25, 0.3) is 0 Å². The van der Waals surface area contributed by atoms with Crippen LogP contribution >= 0.6 is 0 Å². The Morgan fingerprint density at radius 3 is 2.53 bits per heavy atom. The Labute approximate surface area is 250 Å². The molecule has 0 spiro atoms. The van der Waals surface area contributed by atoms with Crippen LogP contribution < -0.4 is 9.47 Å². The van der Waals surface area contributed by atoms with Gasteiger partial charge in [-0.05, 0) is 73.5 Å². The SMILES string of the molecule is COc1ccc2ncc(CN3CCOCC3)c([C@H](O)CCC3(CO)CCN(CCOc4cc(F)cc(F)c4F)CC3)c2c1. The van der Waals surface area contributed by atoms with Gasteiger partial charge >= 0.3 is 0 Å². The minimum absolute atomic E-state index is 0.00336. The molecule has 2 saturated heterocycles. The van der Waals surface area contributed by atoms with E-state index in [1.54, 1.807) is 7.11 Å². The second-order valence-corrected chi connectivity index (χ2v) is 11.6. The quantitative estimate of drug-likeness (QED) is 0.294. The van der Waals surface area contributed by atoms with Crippen molar-refractivity contribution in [2.45, 2.75) is 38.3 Å². The summed E-state index contributed by atoms with van der Waals surface area (Å²) in [7, 11) is 1.62.